The smallest absolute Gasteiger partial charge is 0.305 e. The van der Waals surface area contributed by atoms with Crippen LogP contribution >= 0.6 is 0 Å². The highest BCUT2D eigenvalue weighted by Crippen LogP contribution is 2.26. The fourth-order valence-electron chi connectivity index (χ4n) is 3.38. The van der Waals surface area contributed by atoms with E-state index in [0.717, 1.165) is 19.3 Å². The molecule has 1 fully saturated rings. The number of carbonyl (C=O) groups excluding carboxylic acids is 1. The van der Waals surface area contributed by atoms with Crippen molar-refractivity contribution in [2.45, 2.75) is 97.8 Å². The van der Waals surface area contributed by atoms with Crippen LogP contribution in [-0.4, -0.2) is 25.8 Å². The van der Waals surface area contributed by atoms with Crippen LogP contribution in [0.5, 0.6) is 0 Å². The second-order valence-electron chi connectivity index (χ2n) is 9.96. The first kappa shape index (κ1) is 38.4. The zero-order chi connectivity index (χ0) is 31.5. The molecule has 0 spiro atoms. The summed E-state index contributed by atoms with van der Waals surface area (Å²) >= 11 is 0. The monoisotopic (exact) mass is 601 g/mol. The maximum Gasteiger partial charge on any atom is 0.305 e. The minimum absolute atomic E-state index is 0. The van der Waals surface area contributed by atoms with Gasteiger partial charge in [0.05, 0.1) is 13.2 Å². The summed E-state index contributed by atoms with van der Waals surface area (Å²) in [5, 5.41) is 0. The molecule has 1 aliphatic heterocycles. The van der Waals surface area contributed by atoms with Crippen LogP contribution < -0.4 is 0 Å². The molecule has 0 atom stereocenters. The lowest BCUT2D eigenvalue weighted by atomic mass is 9.90. The number of ether oxygens (including phenoxy) is 2. The molecule has 0 bridgehead atoms. The Morgan fingerprint density at radius 2 is 1.23 bits per heavy atom. The van der Waals surface area contributed by atoms with E-state index in [2.05, 4.69) is 127 Å². The summed E-state index contributed by atoms with van der Waals surface area (Å²) < 4.78 is 10.5. The number of allylic oxidation sites excluding steroid dienone is 4. The first-order chi connectivity index (χ1) is 21.1. The summed E-state index contributed by atoms with van der Waals surface area (Å²) in [4.78, 5) is 11.7. The van der Waals surface area contributed by atoms with Gasteiger partial charge in [-0.25, -0.2) is 0 Å². The van der Waals surface area contributed by atoms with Crippen LogP contribution in [0, 0.1) is 101 Å². The third-order valence-corrected chi connectivity index (χ3v) is 5.76. The molecule has 3 heteroatoms. The van der Waals surface area contributed by atoms with E-state index in [4.69, 9.17) is 15.9 Å². The summed E-state index contributed by atoms with van der Waals surface area (Å²) in [7, 11) is 0. The molecule has 0 unspecified atom stereocenters. The minimum Gasteiger partial charge on any atom is -0.465 e. The molecule has 1 aliphatic rings. The van der Waals surface area contributed by atoms with Crippen molar-refractivity contribution in [3.8, 4) is 95.2 Å². The van der Waals surface area contributed by atoms with Crippen LogP contribution in [0.25, 0.3) is 0 Å². The first-order valence-corrected chi connectivity index (χ1v) is 15.0. The highest BCUT2D eigenvalue weighted by Gasteiger charge is 2.34. The van der Waals surface area contributed by atoms with Crippen molar-refractivity contribution in [2.75, 3.05) is 19.8 Å². The summed E-state index contributed by atoms with van der Waals surface area (Å²) in [5.74, 6) is 36.9. The van der Waals surface area contributed by atoms with E-state index in [1.54, 1.807) is 6.92 Å². The fraction of sp³-hybridized carbons (Fsp3) is 0.475. The van der Waals surface area contributed by atoms with Gasteiger partial charge in [-0.15, -0.1) is 6.42 Å². The summed E-state index contributed by atoms with van der Waals surface area (Å²) in [5.41, 5.74) is 0.0635. The van der Waals surface area contributed by atoms with Crippen molar-refractivity contribution in [1.82, 2.24) is 0 Å². The van der Waals surface area contributed by atoms with Crippen molar-refractivity contribution in [1.29, 1.82) is 0 Å². The van der Waals surface area contributed by atoms with E-state index >= 15 is 0 Å². The predicted molar refractivity (Wildman–Crippen MR) is 208 cm³/mol. The Bertz CT molecular complexity index is 1390. The molecule has 0 aromatic carbocycles. The van der Waals surface area contributed by atoms with Gasteiger partial charge in [-0.2, -0.15) is 0 Å². The molecule has 0 aromatic rings. The third-order valence-electron chi connectivity index (χ3n) is 5.76. The number of rotatable bonds is 16. The van der Waals surface area contributed by atoms with Gasteiger partial charge in [0.1, 0.15) is 6.61 Å². The molecule has 0 amide bonds. The standard InChI is InChI=1S/C23H40O3.C17H4.14H2/c1-3-4-5-6-7-8-9-10-11-12-13-14-15-16-17-18-22(24)26-21-23(2)19-25-20-23;1-3-5-7-9-11-13-15-17-16-14-12-10-8-6-4-2;;;;;;;;;;;;;;/h7-8,10-11H,3-6,9,12-21H2,1-2H3;1H,2H3;14*1H/b8-7-,11-10-;;;;;;;;;;;;;;;. The van der Waals surface area contributed by atoms with Gasteiger partial charge in [-0.1, -0.05) is 76.2 Å². The fourth-order valence-corrected chi connectivity index (χ4v) is 3.38. The van der Waals surface area contributed by atoms with Crippen LogP contribution in [0.1, 0.15) is 118 Å². The van der Waals surface area contributed by atoms with Crippen molar-refractivity contribution in [3.05, 3.63) is 24.3 Å². The predicted octanol–water partition coefficient (Wildman–Crippen LogP) is 10.5. The zero-order valence-corrected chi connectivity index (χ0v) is 26.2. The Morgan fingerprint density at radius 1 is 0.744 bits per heavy atom. The Morgan fingerprint density at radius 3 is 1.72 bits per heavy atom. The zero-order valence-electron chi connectivity index (χ0n) is 26.2. The van der Waals surface area contributed by atoms with Gasteiger partial charge < -0.3 is 9.47 Å². The van der Waals surface area contributed by atoms with Crippen LogP contribution in [-0.2, 0) is 14.3 Å². The van der Waals surface area contributed by atoms with E-state index in [1.807, 2.05) is 0 Å². The van der Waals surface area contributed by atoms with Crippen molar-refractivity contribution >= 4 is 5.97 Å². The van der Waals surface area contributed by atoms with Crippen molar-refractivity contribution in [3.63, 3.8) is 0 Å². The third kappa shape index (κ3) is 28.7. The van der Waals surface area contributed by atoms with Gasteiger partial charge in [0, 0.05) is 31.8 Å². The van der Waals surface area contributed by atoms with Crippen molar-refractivity contribution < 1.29 is 34.2 Å². The lowest BCUT2D eigenvalue weighted by Crippen LogP contribution is -2.44. The van der Waals surface area contributed by atoms with E-state index in [9.17, 15) is 4.79 Å². The Hall–Kier alpha value is -4.61. The Kier molecular flexibility index (Phi) is 27.1. The van der Waals surface area contributed by atoms with Gasteiger partial charge in [0.25, 0.3) is 0 Å². The minimum atomic E-state index is -0.0520. The topological polar surface area (TPSA) is 35.5 Å². The second kappa shape index (κ2) is 30.4. The van der Waals surface area contributed by atoms with Gasteiger partial charge in [-0.3, -0.25) is 4.79 Å². The second-order valence-corrected chi connectivity index (χ2v) is 9.96. The van der Waals surface area contributed by atoms with Crippen molar-refractivity contribution in [2.24, 2.45) is 5.41 Å². The molecule has 1 rings (SSSR count). The lowest BCUT2D eigenvalue weighted by molar-refractivity contribution is -0.165. The van der Waals surface area contributed by atoms with Gasteiger partial charge in [-0.05, 0) is 128 Å². The quantitative estimate of drug-likeness (QED) is 0.0765. The first-order valence-electron chi connectivity index (χ1n) is 15.0. The molecular weight excluding hydrogens is 528 g/mol. The number of hydrogen-bond donors (Lipinski definition) is 0. The molecule has 250 valence electrons. The van der Waals surface area contributed by atoms with E-state index in [0.29, 0.717) is 26.2 Å². The van der Waals surface area contributed by atoms with Gasteiger partial charge in [0.2, 0.25) is 0 Å². The van der Waals surface area contributed by atoms with E-state index in [-0.39, 0.29) is 31.4 Å². The van der Waals surface area contributed by atoms with Crippen LogP contribution in [0.2, 0.25) is 0 Å². The van der Waals surface area contributed by atoms with E-state index in [1.165, 1.54) is 51.4 Å². The lowest BCUT2D eigenvalue weighted by Gasteiger charge is -2.37. The SMILES string of the molecule is C#CC#CC#CC#CC#CC#CC#CC#CC.CCCCC/C=C\C/C=C\CCCCCCCC(=O)OCC1(C)COC1.[HH].[HH].[HH].[HH].[HH].[HH].[HH].[HH].[HH].[HH].[HH].[HH].[HH].[HH]. The highest BCUT2D eigenvalue weighted by molar-refractivity contribution is 5.69. The number of hydrogen-bond acceptors (Lipinski definition) is 3. The number of unbranched alkanes of at least 4 members (excludes halogenated alkanes) is 8. The Balaban J connectivity index is -0.0000000400. The highest BCUT2D eigenvalue weighted by atomic mass is 16.5. The number of carbonyl (C=O) groups is 1. The molecular formula is C40H72O3. The summed E-state index contributed by atoms with van der Waals surface area (Å²) in [6.07, 6.45) is 27.8. The summed E-state index contributed by atoms with van der Waals surface area (Å²) in [6.45, 7) is 7.97. The molecule has 43 heavy (non-hydrogen) atoms. The van der Waals surface area contributed by atoms with E-state index < -0.39 is 0 Å². The normalized spacial score (nSPS) is 11.3. The molecule has 0 aliphatic carbocycles. The maximum absolute atomic E-state index is 11.7. The number of terminal acetylenes is 1. The molecule has 1 saturated heterocycles. The Labute approximate surface area is 283 Å². The van der Waals surface area contributed by atoms with Gasteiger partial charge >= 0.3 is 5.97 Å². The van der Waals surface area contributed by atoms with Gasteiger partial charge in [0.15, 0.2) is 0 Å². The average Bonchev–Trinajstić information content (AvgIpc) is 2.99. The maximum atomic E-state index is 11.7. The average molecular weight is 601 g/mol. The molecule has 1 heterocycles. The summed E-state index contributed by atoms with van der Waals surface area (Å²) in [6, 6.07) is 0. The molecule has 0 radical (unpaired) electrons. The molecule has 0 N–H and O–H groups in total. The van der Waals surface area contributed by atoms with Crippen LogP contribution in [0.4, 0.5) is 0 Å². The van der Waals surface area contributed by atoms with Crippen LogP contribution in [0.3, 0.4) is 0 Å². The molecule has 0 saturated carbocycles. The van der Waals surface area contributed by atoms with Crippen LogP contribution in [0.15, 0.2) is 24.3 Å². The molecule has 0 aromatic heterocycles. The largest absolute Gasteiger partial charge is 0.465 e. The number of esters is 1. The molecule has 3 nitrogen and oxygen atoms in total.